The van der Waals surface area contributed by atoms with Crippen molar-refractivity contribution in [3.63, 3.8) is 0 Å². The number of benzene rings is 1. The molecular weight excluding hydrogens is 190 g/mol. The van der Waals surface area contributed by atoms with Crippen LogP contribution in [0.15, 0.2) is 24.3 Å². The molecule has 15 heavy (non-hydrogen) atoms. The van der Waals surface area contributed by atoms with E-state index < -0.39 is 0 Å². The molecule has 0 heterocycles. The SMILES string of the molecule is COC(=O)c1ccccc1[C@H](N)C1CC1. The number of ether oxygens (including phenoxy) is 1. The quantitative estimate of drug-likeness (QED) is 0.766. The van der Waals surface area contributed by atoms with E-state index in [1.165, 1.54) is 7.11 Å². The number of rotatable bonds is 3. The van der Waals surface area contributed by atoms with Crippen molar-refractivity contribution in [1.29, 1.82) is 0 Å². The minimum Gasteiger partial charge on any atom is -0.465 e. The van der Waals surface area contributed by atoms with Gasteiger partial charge in [-0.25, -0.2) is 4.79 Å². The Labute approximate surface area is 89.2 Å². The second kappa shape index (κ2) is 4.03. The number of methoxy groups -OCH3 is 1. The predicted octanol–water partition coefficient (Wildman–Crippen LogP) is 1.88. The van der Waals surface area contributed by atoms with Crippen LogP contribution >= 0.6 is 0 Å². The standard InChI is InChI=1S/C12H15NO2/c1-15-12(14)10-5-3-2-4-9(10)11(13)8-6-7-8/h2-5,8,11H,6-7,13H2,1H3/t11-/m1/s1. The molecule has 0 spiro atoms. The smallest absolute Gasteiger partial charge is 0.338 e. The summed E-state index contributed by atoms with van der Waals surface area (Å²) >= 11 is 0. The van der Waals surface area contributed by atoms with E-state index in [4.69, 9.17) is 10.5 Å². The van der Waals surface area contributed by atoms with Gasteiger partial charge in [0, 0.05) is 6.04 Å². The summed E-state index contributed by atoms with van der Waals surface area (Å²) in [5.74, 6) is 0.234. The first-order valence-electron chi connectivity index (χ1n) is 5.17. The van der Waals surface area contributed by atoms with Gasteiger partial charge in [0.05, 0.1) is 12.7 Å². The van der Waals surface area contributed by atoms with Crippen molar-refractivity contribution in [2.45, 2.75) is 18.9 Å². The third-order valence-electron chi connectivity index (χ3n) is 2.86. The number of hydrogen-bond acceptors (Lipinski definition) is 3. The predicted molar refractivity (Wildman–Crippen MR) is 57.4 cm³/mol. The van der Waals surface area contributed by atoms with Crippen LogP contribution in [0.4, 0.5) is 0 Å². The Morgan fingerprint density at radius 1 is 1.47 bits per heavy atom. The van der Waals surface area contributed by atoms with Gasteiger partial charge in [0.1, 0.15) is 0 Å². The Bertz CT molecular complexity index is 372. The Morgan fingerprint density at radius 2 is 2.13 bits per heavy atom. The largest absolute Gasteiger partial charge is 0.465 e. The molecule has 1 aliphatic rings. The van der Waals surface area contributed by atoms with Gasteiger partial charge in [0.15, 0.2) is 0 Å². The summed E-state index contributed by atoms with van der Waals surface area (Å²) in [5, 5.41) is 0. The molecule has 0 unspecified atom stereocenters. The van der Waals surface area contributed by atoms with E-state index in [1.54, 1.807) is 6.07 Å². The average molecular weight is 205 g/mol. The van der Waals surface area contributed by atoms with Crippen molar-refractivity contribution in [1.82, 2.24) is 0 Å². The highest BCUT2D eigenvalue weighted by molar-refractivity contribution is 5.91. The molecule has 1 aromatic carbocycles. The molecule has 1 saturated carbocycles. The maximum absolute atomic E-state index is 11.5. The fourth-order valence-corrected chi connectivity index (χ4v) is 1.79. The molecule has 2 N–H and O–H groups in total. The van der Waals surface area contributed by atoms with Crippen LogP contribution in [0.25, 0.3) is 0 Å². The van der Waals surface area contributed by atoms with Crippen molar-refractivity contribution in [3.8, 4) is 0 Å². The molecule has 0 aliphatic heterocycles. The van der Waals surface area contributed by atoms with Crippen LogP contribution in [0, 0.1) is 5.92 Å². The maximum Gasteiger partial charge on any atom is 0.338 e. The Kier molecular flexibility index (Phi) is 2.73. The minimum absolute atomic E-state index is 0.0275. The summed E-state index contributed by atoms with van der Waals surface area (Å²) in [6.07, 6.45) is 2.33. The van der Waals surface area contributed by atoms with E-state index in [-0.39, 0.29) is 12.0 Å². The lowest BCUT2D eigenvalue weighted by atomic mass is 9.98. The molecule has 3 nitrogen and oxygen atoms in total. The fraction of sp³-hybridized carbons (Fsp3) is 0.417. The zero-order chi connectivity index (χ0) is 10.8. The van der Waals surface area contributed by atoms with Gasteiger partial charge in [-0.15, -0.1) is 0 Å². The third-order valence-corrected chi connectivity index (χ3v) is 2.86. The number of esters is 1. The number of carbonyl (C=O) groups excluding carboxylic acids is 1. The summed E-state index contributed by atoms with van der Waals surface area (Å²) in [5.41, 5.74) is 7.59. The molecule has 3 heteroatoms. The topological polar surface area (TPSA) is 52.3 Å². The Morgan fingerprint density at radius 3 is 2.73 bits per heavy atom. The molecule has 1 fully saturated rings. The normalized spacial score (nSPS) is 17.2. The van der Waals surface area contributed by atoms with E-state index in [1.807, 2.05) is 18.2 Å². The molecule has 1 aromatic rings. The first-order valence-corrected chi connectivity index (χ1v) is 5.17. The molecule has 1 atom stereocenters. The van der Waals surface area contributed by atoms with Gasteiger partial charge < -0.3 is 10.5 Å². The van der Waals surface area contributed by atoms with E-state index in [9.17, 15) is 4.79 Å². The Balaban J connectivity index is 2.32. The average Bonchev–Trinajstić information content (AvgIpc) is 3.11. The summed E-state index contributed by atoms with van der Waals surface area (Å²) in [7, 11) is 1.39. The second-order valence-corrected chi connectivity index (χ2v) is 3.94. The monoisotopic (exact) mass is 205 g/mol. The summed E-state index contributed by atoms with van der Waals surface area (Å²) < 4.78 is 4.73. The lowest BCUT2D eigenvalue weighted by Gasteiger charge is -2.14. The van der Waals surface area contributed by atoms with Gasteiger partial charge in [0.2, 0.25) is 0 Å². The second-order valence-electron chi connectivity index (χ2n) is 3.94. The van der Waals surface area contributed by atoms with E-state index in [2.05, 4.69) is 0 Å². The van der Waals surface area contributed by atoms with Gasteiger partial charge in [-0.3, -0.25) is 0 Å². The highest BCUT2D eigenvalue weighted by Crippen LogP contribution is 2.40. The van der Waals surface area contributed by atoms with Crippen molar-refractivity contribution in [2.75, 3.05) is 7.11 Å². The van der Waals surface area contributed by atoms with Crippen LogP contribution in [-0.2, 0) is 4.74 Å². The van der Waals surface area contributed by atoms with E-state index in [0.717, 1.165) is 18.4 Å². The minimum atomic E-state index is -0.304. The lowest BCUT2D eigenvalue weighted by molar-refractivity contribution is 0.0598. The third kappa shape index (κ3) is 2.02. The molecule has 80 valence electrons. The summed E-state index contributed by atoms with van der Waals surface area (Å²) in [4.78, 5) is 11.5. The van der Waals surface area contributed by atoms with E-state index >= 15 is 0 Å². The van der Waals surface area contributed by atoms with Gasteiger partial charge in [0.25, 0.3) is 0 Å². The zero-order valence-corrected chi connectivity index (χ0v) is 8.77. The van der Waals surface area contributed by atoms with Crippen LogP contribution in [0.5, 0.6) is 0 Å². The fourth-order valence-electron chi connectivity index (χ4n) is 1.79. The van der Waals surface area contributed by atoms with E-state index in [0.29, 0.717) is 11.5 Å². The van der Waals surface area contributed by atoms with Gasteiger partial charge in [-0.05, 0) is 30.4 Å². The summed E-state index contributed by atoms with van der Waals surface area (Å²) in [6, 6.07) is 7.39. The molecular formula is C12H15NO2. The number of nitrogens with two attached hydrogens (primary N) is 1. The highest BCUT2D eigenvalue weighted by Gasteiger charge is 2.31. The Hall–Kier alpha value is -1.35. The molecule has 0 radical (unpaired) electrons. The molecule has 1 aliphatic carbocycles. The lowest BCUT2D eigenvalue weighted by Crippen LogP contribution is -2.17. The first-order chi connectivity index (χ1) is 7.24. The summed E-state index contributed by atoms with van der Waals surface area (Å²) in [6.45, 7) is 0. The van der Waals surface area contributed by atoms with Crippen LogP contribution in [0.1, 0.15) is 34.8 Å². The van der Waals surface area contributed by atoms with Crippen LogP contribution in [-0.4, -0.2) is 13.1 Å². The zero-order valence-electron chi connectivity index (χ0n) is 8.77. The number of hydrogen-bond donors (Lipinski definition) is 1. The van der Waals surface area contributed by atoms with Gasteiger partial charge in [-0.2, -0.15) is 0 Å². The van der Waals surface area contributed by atoms with Crippen LogP contribution in [0.3, 0.4) is 0 Å². The molecule has 0 saturated heterocycles. The first kappa shape index (κ1) is 10.2. The maximum atomic E-state index is 11.5. The van der Waals surface area contributed by atoms with Crippen molar-refractivity contribution >= 4 is 5.97 Å². The van der Waals surface area contributed by atoms with Gasteiger partial charge in [-0.1, -0.05) is 18.2 Å². The number of carbonyl (C=O) groups is 1. The molecule has 0 aromatic heterocycles. The molecule has 0 bridgehead atoms. The molecule has 0 amide bonds. The van der Waals surface area contributed by atoms with Crippen molar-refractivity contribution < 1.29 is 9.53 Å². The molecule has 2 rings (SSSR count). The van der Waals surface area contributed by atoms with Crippen LogP contribution in [0.2, 0.25) is 0 Å². The van der Waals surface area contributed by atoms with Crippen LogP contribution < -0.4 is 5.73 Å². The highest BCUT2D eigenvalue weighted by atomic mass is 16.5. The van der Waals surface area contributed by atoms with Gasteiger partial charge >= 0.3 is 5.97 Å². The van der Waals surface area contributed by atoms with Crippen molar-refractivity contribution in [2.24, 2.45) is 11.7 Å². The van der Waals surface area contributed by atoms with Crippen molar-refractivity contribution in [3.05, 3.63) is 35.4 Å².